The van der Waals surface area contributed by atoms with E-state index in [1.807, 2.05) is 35.2 Å². The third-order valence-electron chi connectivity index (χ3n) is 5.89. The van der Waals surface area contributed by atoms with Gasteiger partial charge in [0, 0.05) is 46.2 Å². The van der Waals surface area contributed by atoms with E-state index in [1.54, 1.807) is 19.0 Å². The Labute approximate surface area is 162 Å². The van der Waals surface area contributed by atoms with Crippen molar-refractivity contribution in [1.29, 1.82) is 0 Å². The van der Waals surface area contributed by atoms with Crippen LogP contribution in [-0.4, -0.2) is 84.9 Å². The standard InChI is InChI=1S/C21H33N3O3/c1-22(2)20(25)24-14-11-21(26)10-13-23(16-18(21)17-24)12-6-7-15-27-19-8-4-3-5-9-19/h3-5,8-9,18,26H,6-7,10-17H2,1-2H3/t18-,21-/m1/s1. The van der Waals surface area contributed by atoms with E-state index >= 15 is 0 Å². The van der Waals surface area contributed by atoms with Gasteiger partial charge >= 0.3 is 6.03 Å². The van der Waals surface area contributed by atoms with Crippen LogP contribution in [0.5, 0.6) is 5.75 Å². The van der Waals surface area contributed by atoms with Crippen LogP contribution >= 0.6 is 0 Å². The first-order chi connectivity index (χ1) is 13.0. The normalized spacial score (nSPS) is 25.7. The molecule has 3 rings (SSSR count). The number of para-hydroxylation sites is 1. The van der Waals surface area contributed by atoms with Crippen molar-refractivity contribution in [3.63, 3.8) is 0 Å². The van der Waals surface area contributed by atoms with Crippen LogP contribution in [0.1, 0.15) is 25.7 Å². The van der Waals surface area contributed by atoms with Crippen LogP contribution in [0.3, 0.4) is 0 Å². The molecule has 2 saturated heterocycles. The topological polar surface area (TPSA) is 56.2 Å². The zero-order valence-electron chi connectivity index (χ0n) is 16.6. The second kappa shape index (κ2) is 8.93. The Hall–Kier alpha value is -1.79. The van der Waals surface area contributed by atoms with Crippen molar-refractivity contribution in [2.45, 2.75) is 31.3 Å². The van der Waals surface area contributed by atoms with Crippen LogP contribution < -0.4 is 4.74 Å². The fraction of sp³-hybridized carbons (Fsp3) is 0.667. The highest BCUT2D eigenvalue weighted by atomic mass is 16.5. The summed E-state index contributed by atoms with van der Waals surface area (Å²) in [6.07, 6.45) is 3.60. The Morgan fingerprint density at radius 2 is 1.93 bits per heavy atom. The number of hydrogen-bond donors (Lipinski definition) is 1. The van der Waals surface area contributed by atoms with Crippen LogP contribution in [0.15, 0.2) is 30.3 Å². The van der Waals surface area contributed by atoms with Gasteiger partial charge in [0.1, 0.15) is 5.75 Å². The number of carbonyl (C=O) groups is 1. The van der Waals surface area contributed by atoms with Gasteiger partial charge in [-0.15, -0.1) is 0 Å². The van der Waals surface area contributed by atoms with Crippen molar-refractivity contribution >= 4 is 6.03 Å². The Kier molecular flexibility index (Phi) is 6.60. The molecule has 0 unspecified atom stereocenters. The summed E-state index contributed by atoms with van der Waals surface area (Å²) in [7, 11) is 3.57. The van der Waals surface area contributed by atoms with E-state index in [2.05, 4.69) is 4.90 Å². The first kappa shape index (κ1) is 20.0. The van der Waals surface area contributed by atoms with Crippen molar-refractivity contribution in [3.05, 3.63) is 30.3 Å². The molecule has 2 fully saturated rings. The van der Waals surface area contributed by atoms with Gasteiger partial charge in [-0.25, -0.2) is 4.79 Å². The van der Waals surface area contributed by atoms with Crippen molar-refractivity contribution < 1.29 is 14.6 Å². The molecule has 6 nitrogen and oxygen atoms in total. The van der Waals surface area contributed by atoms with Crippen LogP contribution in [0.25, 0.3) is 0 Å². The van der Waals surface area contributed by atoms with Gasteiger partial charge in [-0.1, -0.05) is 18.2 Å². The van der Waals surface area contributed by atoms with Gasteiger partial charge in [0.15, 0.2) is 0 Å². The van der Waals surface area contributed by atoms with E-state index in [4.69, 9.17) is 4.74 Å². The number of piperidine rings is 2. The summed E-state index contributed by atoms with van der Waals surface area (Å²) in [5.41, 5.74) is -0.601. The summed E-state index contributed by atoms with van der Waals surface area (Å²) in [5.74, 6) is 1.07. The van der Waals surface area contributed by atoms with Crippen LogP contribution in [0.2, 0.25) is 0 Å². The Balaban J connectivity index is 1.41. The largest absolute Gasteiger partial charge is 0.494 e. The Bertz CT molecular complexity index is 610. The number of likely N-dealkylation sites (tertiary alicyclic amines) is 2. The fourth-order valence-corrected chi connectivity index (χ4v) is 4.18. The van der Waals surface area contributed by atoms with Crippen LogP contribution in [-0.2, 0) is 0 Å². The highest BCUT2D eigenvalue weighted by Gasteiger charge is 2.45. The zero-order chi connectivity index (χ0) is 19.3. The number of nitrogens with zero attached hydrogens (tertiary/aromatic N) is 3. The highest BCUT2D eigenvalue weighted by molar-refractivity contribution is 5.74. The molecule has 0 bridgehead atoms. The molecule has 6 heteroatoms. The lowest BCUT2D eigenvalue weighted by Gasteiger charge is -2.50. The highest BCUT2D eigenvalue weighted by Crippen LogP contribution is 2.35. The molecule has 27 heavy (non-hydrogen) atoms. The van der Waals surface area contributed by atoms with Gasteiger partial charge in [-0.05, 0) is 44.4 Å². The molecule has 2 atom stereocenters. The molecular formula is C21H33N3O3. The monoisotopic (exact) mass is 375 g/mol. The summed E-state index contributed by atoms with van der Waals surface area (Å²) in [4.78, 5) is 18.2. The number of fused-ring (bicyclic) bond motifs is 1. The minimum absolute atomic E-state index is 0.0484. The van der Waals surface area contributed by atoms with E-state index in [0.717, 1.165) is 51.3 Å². The maximum Gasteiger partial charge on any atom is 0.319 e. The predicted octanol–water partition coefficient (Wildman–Crippen LogP) is 2.29. The van der Waals surface area contributed by atoms with Gasteiger partial charge in [-0.3, -0.25) is 0 Å². The van der Waals surface area contributed by atoms with Gasteiger partial charge in [-0.2, -0.15) is 0 Å². The molecule has 1 N–H and O–H groups in total. The average molecular weight is 376 g/mol. The van der Waals surface area contributed by atoms with Gasteiger partial charge in [0.2, 0.25) is 0 Å². The van der Waals surface area contributed by atoms with Crippen LogP contribution in [0, 0.1) is 5.92 Å². The van der Waals surface area contributed by atoms with Crippen molar-refractivity contribution in [2.75, 3.05) is 53.4 Å². The lowest BCUT2D eigenvalue weighted by molar-refractivity contribution is -0.107. The lowest BCUT2D eigenvalue weighted by Crippen LogP contribution is -2.61. The number of ether oxygens (including phenoxy) is 1. The number of hydrogen-bond acceptors (Lipinski definition) is 4. The number of benzene rings is 1. The first-order valence-corrected chi connectivity index (χ1v) is 10.1. The SMILES string of the molecule is CN(C)C(=O)N1CC[C@]2(O)CCN(CCCCOc3ccccc3)C[C@@H]2C1. The van der Waals surface area contributed by atoms with Gasteiger partial charge in [0.25, 0.3) is 0 Å². The Morgan fingerprint density at radius 1 is 1.19 bits per heavy atom. The van der Waals surface area contributed by atoms with Gasteiger partial charge < -0.3 is 24.5 Å². The fourth-order valence-electron chi connectivity index (χ4n) is 4.18. The molecule has 2 heterocycles. The number of unbranched alkanes of at least 4 members (excludes halogenated alkanes) is 1. The predicted molar refractivity (Wildman–Crippen MR) is 106 cm³/mol. The van der Waals surface area contributed by atoms with Crippen molar-refractivity contribution in [3.8, 4) is 5.75 Å². The quantitative estimate of drug-likeness (QED) is 0.775. The number of amides is 2. The number of carbonyl (C=O) groups excluding carboxylic acids is 1. The van der Waals surface area contributed by atoms with Crippen molar-refractivity contribution in [2.24, 2.45) is 5.92 Å². The van der Waals surface area contributed by atoms with E-state index in [1.165, 1.54) is 0 Å². The second-order valence-electron chi connectivity index (χ2n) is 8.09. The molecule has 2 aliphatic heterocycles. The first-order valence-electron chi connectivity index (χ1n) is 10.1. The molecule has 0 saturated carbocycles. The van der Waals surface area contributed by atoms with E-state index in [0.29, 0.717) is 19.5 Å². The molecule has 0 aromatic heterocycles. The van der Waals surface area contributed by atoms with Crippen molar-refractivity contribution in [1.82, 2.24) is 14.7 Å². The third-order valence-corrected chi connectivity index (χ3v) is 5.89. The second-order valence-corrected chi connectivity index (χ2v) is 8.09. The van der Waals surface area contributed by atoms with Gasteiger partial charge in [0.05, 0.1) is 12.2 Å². The molecule has 150 valence electrons. The summed E-state index contributed by atoms with van der Waals surface area (Å²) in [5, 5.41) is 11.0. The Morgan fingerprint density at radius 3 is 2.67 bits per heavy atom. The number of rotatable bonds is 6. The zero-order valence-corrected chi connectivity index (χ0v) is 16.6. The maximum absolute atomic E-state index is 12.3. The molecule has 0 radical (unpaired) electrons. The summed E-state index contributed by atoms with van der Waals surface area (Å²) in [6, 6.07) is 9.97. The number of urea groups is 1. The summed E-state index contributed by atoms with van der Waals surface area (Å²) < 4.78 is 5.75. The van der Waals surface area contributed by atoms with E-state index < -0.39 is 5.60 Å². The minimum atomic E-state index is -0.601. The summed E-state index contributed by atoms with van der Waals surface area (Å²) in [6.45, 7) is 4.87. The molecule has 1 aromatic carbocycles. The molecule has 0 spiro atoms. The molecule has 2 aliphatic rings. The molecule has 0 aliphatic carbocycles. The van der Waals surface area contributed by atoms with E-state index in [-0.39, 0.29) is 11.9 Å². The molecule has 2 amide bonds. The maximum atomic E-state index is 12.3. The smallest absolute Gasteiger partial charge is 0.319 e. The van der Waals surface area contributed by atoms with Crippen LogP contribution in [0.4, 0.5) is 4.79 Å². The number of aliphatic hydroxyl groups is 1. The third kappa shape index (κ3) is 5.14. The van der Waals surface area contributed by atoms with E-state index in [9.17, 15) is 9.90 Å². The molecule has 1 aromatic rings. The average Bonchev–Trinajstić information content (AvgIpc) is 2.67. The molecular weight excluding hydrogens is 342 g/mol. The lowest BCUT2D eigenvalue weighted by atomic mass is 9.75. The minimum Gasteiger partial charge on any atom is -0.494 e. The summed E-state index contributed by atoms with van der Waals surface area (Å²) >= 11 is 0.